The Morgan fingerprint density at radius 2 is 2.08 bits per heavy atom. The summed E-state index contributed by atoms with van der Waals surface area (Å²) in [6, 6.07) is 8.34. The molecule has 6 nitrogen and oxygen atoms in total. The minimum Gasteiger partial charge on any atom is -0.373 e. The van der Waals surface area contributed by atoms with Crippen LogP contribution in [0.3, 0.4) is 0 Å². The maximum atomic E-state index is 12.6. The Bertz CT molecular complexity index is 668. The molecule has 1 aromatic rings. The topological polar surface area (TPSA) is 79.8 Å². The van der Waals surface area contributed by atoms with Gasteiger partial charge in [0.1, 0.15) is 0 Å². The summed E-state index contributed by atoms with van der Waals surface area (Å²) >= 11 is 0. The molecule has 0 aliphatic carbocycles. The molecular formula is C18H29N3O3S. The lowest BCUT2D eigenvalue weighted by atomic mass is 10.0. The highest BCUT2D eigenvalue weighted by Gasteiger charge is 2.30. The predicted molar refractivity (Wildman–Crippen MR) is 101 cm³/mol. The molecule has 2 rings (SSSR count). The van der Waals surface area contributed by atoms with Crippen molar-refractivity contribution in [2.75, 3.05) is 26.0 Å². The molecule has 0 saturated carbocycles. The van der Waals surface area contributed by atoms with Crippen LogP contribution in [0.25, 0.3) is 0 Å². The molecule has 1 fully saturated rings. The lowest BCUT2D eigenvalue weighted by molar-refractivity contribution is 0.0242. The molecular weight excluding hydrogens is 338 g/mol. The molecule has 1 aromatic carbocycles. The summed E-state index contributed by atoms with van der Waals surface area (Å²) < 4.78 is 30.9. The molecule has 0 bridgehead atoms. The monoisotopic (exact) mass is 367 g/mol. The summed E-state index contributed by atoms with van der Waals surface area (Å²) in [5.41, 5.74) is -0.185. The number of guanidine groups is 1. The molecule has 0 radical (unpaired) electrons. The highest BCUT2D eigenvalue weighted by molar-refractivity contribution is 7.91. The standard InChI is InChI=1S/C18H29N3O3S/c1-4-15(13-25(22,23)16-9-6-5-7-10-16)21-17(19-3)20-14-18(2)11-8-12-24-18/h5-7,9-10,15H,4,8,11-14H2,1-3H3,(H2,19,20,21). The minimum atomic E-state index is -3.34. The van der Waals surface area contributed by atoms with E-state index in [9.17, 15) is 8.42 Å². The van der Waals surface area contributed by atoms with Crippen molar-refractivity contribution in [2.24, 2.45) is 4.99 Å². The fourth-order valence-electron chi connectivity index (χ4n) is 2.89. The van der Waals surface area contributed by atoms with Crippen LogP contribution >= 0.6 is 0 Å². The summed E-state index contributed by atoms with van der Waals surface area (Å²) in [6.45, 7) is 5.48. The fraction of sp³-hybridized carbons (Fsp3) is 0.611. The summed E-state index contributed by atoms with van der Waals surface area (Å²) in [4.78, 5) is 4.57. The van der Waals surface area contributed by atoms with Crippen LogP contribution in [0, 0.1) is 0 Å². The van der Waals surface area contributed by atoms with Gasteiger partial charge >= 0.3 is 0 Å². The van der Waals surface area contributed by atoms with Crippen LogP contribution in [0.1, 0.15) is 33.1 Å². The van der Waals surface area contributed by atoms with Gasteiger partial charge in [0.2, 0.25) is 0 Å². The highest BCUT2D eigenvalue weighted by atomic mass is 32.2. The van der Waals surface area contributed by atoms with E-state index in [0.717, 1.165) is 19.4 Å². The molecule has 0 amide bonds. The third-order valence-corrected chi connectivity index (χ3v) is 6.34. The number of nitrogens with zero attached hydrogens (tertiary/aromatic N) is 1. The van der Waals surface area contributed by atoms with Gasteiger partial charge in [0.15, 0.2) is 15.8 Å². The van der Waals surface area contributed by atoms with Gasteiger partial charge in [-0.3, -0.25) is 4.99 Å². The zero-order valence-corrected chi connectivity index (χ0v) is 16.1. The Balaban J connectivity index is 1.95. The average molecular weight is 368 g/mol. The summed E-state index contributed by atoms with van der Waals surface area (Å²) in [7, 11) is -1.65. The molecule has 0 aromatic heterocycles. The van der Waals surface area contributed by atoms with E-state index in [4.69, 9.17) is 4.74 Å². The Labute approximate surface area is 151 Å². The molecule has 140 valence electrons. The normalized spacial score (nSPS) is 22.6. The fourth-order valence-corrected chi connectivity index (χ4v) is 4.50. The molecule has 2 N–H and O–H groups in total. The van der Waals surface area contributed by atoms with Crippen LogP contribution in [0.15, 0.2) is 40.2 Å². The van der Waals surface area contributed by atoms with E-state index >= 15 is 0 Å². The first-order valence-corrected chi connectivity index (χ1v) is 10.4. The second-order valence-electron chi connectivity index (χ2n) is 6.67. The van der Waals surface area contributed by atoms with Crippen molar-refractivity contribution in [1.82, 2.24) is 10.6 Å². The lowest BCUT2D eigenvalue weighted by Gasteiger charge is -2.26. The van der Waals surface area contributed by atoms with Crippen molar-refractivity contribution in [2.45, 2.75) is 49.6 Å². The van der Waals surface area contributed by atoms with Crippen molar-refractivity contribution in [3.05, 3.63) is 30.3 Å². The van der Waals surface area contributed by atoms with E-state index in [0.29, 0.717) is 23.8 Å². The molecule has 2 unspecified atom stereocenters. The number of aliphatic imine (C=N–C) groups is 1. The van der Waals surface area contributed by atoms with Gasteiger partial charge in [-0.15, -0.1) is 0 Å². The van der Waals surface area contributed by atoms with Crippen molar-refractivity contribution >= 4 is 15.8 Å². The Hall–Kier alpha value is -1.60. The molecule has 25 heavy (non-hydrogen) atoms. The van der Waals surface area contributed by atoms with Crippen molar-refractivity contribution in [1.29, 1.82) is 0 Å². The molecule has 1 aliphatic rings. The summed E-state index contributed by atoms with van der Waals surface area (Å²) in [6.07, 6.45) is 2.76. The number of sulfone groups is 1. The van der Waals surface area contributed by atoms with Gasteiger partial charge < -0.3 is 15.4 Å². The number of benzene rings is 1. The minimum absolute atomic E-state index is 0.0297. The number of rotatable bonds is 7. The quantitative estimate of drug-likeness (QED) is 0.569. The Kier molecular flexibility index (Phi) is 6.84. The molecule has 7 heteroatoms. The van der Waals surface area contributed by atoms with E-state index in [1.165, 1.54) is 0 Å². The number of ether oxygens (including phenoxy) is 1. The molecule has 1 saturated heterocycles. The van der Waals surface area contributed by atoms with E-state index in [-0.39, 0.29) is 17.4 Å². The van der Waals surface area contributed by atoms with Gasteiger partial charge in [-0.05, 0) is 38.3 Å². The second-order valence-corrected chi connectivity index (χ2v) is 8.71. The third-order valence-electron chi connectivity index (χ3n) is 4.51. The average Bonchev–Trinajstić information content (AvgIpc) is 3.05. The first kappa shape index (κ1) is 19.7. The molecule has 2 atom stereocenters. The lowest BCUT2D eigenvalue weighted by Crippen LogP contribution is -2.50. The van der Waals surface area contributed by atoms with Crippen LogP contribution in [-0.2, 0) is 14.6 Å². The summed E-state index contributed by atoms with van der Waals surface area (Å²) in [5.74, 6) is 0.633. The number of nitrogens with one attached hydrogen (secondary N) is 2. The first-order valence-electron chi connectivity index (χ1n) is 8.77. The SMILES string of the molecule is CCC(CS(=O)(=O)c1ccccc1)NC(=NC)NCC1(C)CCCO1. The van der Waals surface area contributed by atoms with Crippen LogP contribution in [0.5, 0.6) is 0 Å². The van der Waals surface area contributed by atoms with E-state index in [1.54, 1.807) is 31.3 Å². The zero-order valence-electron chi connectivity index (χ0n) is 15.3. The smallest absolute Gasteiger partial charge is 0.191 e. The Morgan fingerprint density at radius 3 is 2.64 bits per heavy atom. The van der Waals surface area contributed by atoms with Crippen LogP contribution in [-0.4, -0.2) is 52.0 Å². The van der Waals surface area contributed by atoms with Gasteiger partial charge in [0.25, 0.3) is 0 Å². The van der Waals surface area contributed by atoms with Crippen LogP contribution < -0.4 is 10.6 Å². The zero-order chi connectivity index (χ0) is 18.3. The van der Waals surface area contributed by atoms with Gasteiger partial charge in [-0.2, -0.15) is 0 Å². The van der Waals surface area contributed by atoms with Crippen molar-refractivity contribution < 1.29 is 13.2 Å². The highest BCUT2D eigenvalue weighted by Crippen LogP contribution is 2.23. The second kappa shape index (κ2) is 8.67. The van der Waals surface area contributed by atoms with Gasteiger partial charge in [0, 0.05) is 26.2 Å². The van der Waals surface area contributed by atoms with Crippen molar-refractivity contribution in [3.63, 3.8) is 0 Å². The summed E-state index contributed by atoms with van der Waals surface area (Å²) in [5, 5.41) is 6.49. The Morgan fingerprint density at radius 1 is 1.36 bits per heavy atom. The number of hydrogen-bond acceptors (Lipinski definition) is 4. The molecule has 1 aliphatic heterocycles. The van der Waals surface area contributed by atoms with E-state index < -0.39 is 9.84 Å². The third kappa shape index (κ3) is 5.71. The van der Waals surface area contributed by atoms with Gasteiger partial charge in [-0.25, -0.2) is 8.42 Å². The molecule has 0 spiro atoms. The van der Waals surface area contributed by atoms with Crippen molar-refractivity contribution in [3.8, 4) is 0 Å². The van der Waals surface area contributed by atoms with E-state index in [1.807, 2.05) is 13.0 Å². The number of hydrogen-bond donors (Lipinski definition) is 2. The van der Waals surface area contributed by atoms with Crippen LogP contribution in [0.4, 0.5) is 0 Å². The maximum Gasteiger partial charge on any atom is 0.191 e. The predicted octanol–water partition coefficient (Wildman–Crippen LogP) is 1.97. The van der Waals surface area contributed by atoms with Crippen LogP contribution in [0.2, 0.25) is 0 Å². The first-order chi connectivity index (χ1) is 11.9. The molecule has 1 heterocycles. The van der Waals surface area contributed by atoms with Gasteiger partial charge in [-0.1, -0.05) is 25.1 Å². The maximum absolute atomic E-state index is 12.6. The van der Waals surface area contributed by atoms with Gasteiger partial charge in [0.05, 0.1) is 16.2 Å². The largest absolute Gasteiger partial charge is 0.373 e. The van der Waals surface area contributed by atoms with E-state index in [2.05, 4.69) is 22.5 Å².